The Hall–Kier alpha value is -4.32. The number of carbonyl (C=O) groups is 2. The molecule has 0 N–H and O–H groups in total. The molecule has 1 aliphatic rings. The molecule has 6 rings (SSSR count). The van der Waals surface area contributed by atoms with Crippen LogP contribution in [-0.2, 0) is 19.0 Å². The first kappa shape index (κ1) is 35.5. The second kappa shape index (κ2) is 13.8. The van der Waals surface area contributed by atoms with Gasteiger partial charge in [-0.05, 0) is 103 Å². The Bertz CT molecular complexity index is 2110. The van der Waals surface area contributed by atoms with E-state index in [4.69, 9.17) is 35.8 Å². The van der Waals surface area contributed by atoms with Crippen molar-refractivity contribution in [3.05, 3.63) is 76.6 Å². The molecule has 0 bridgehead atoms. The number of benzene rings is 2. The van der Waals surface area contributed by atoms with Gasteiger partial charge in [0, 0.05) is 41.0 Å². The van der Waals surface area contributed by atoms with Crippen LogP contribution in [0.25, 0.3) is 43.3 Å². The fourth-order valence-electron chi connectivity index (χ4n) is 5.98. The van der Waals surface area contributed by atoms with Gasteiger partial charge < -0.3 is 19.1 Å². The third-order valence-electron chi connectivity index (χ3n) is 8.09. The van der Waals surface area contributed by atoms with E-state index in [0.717, 1.165) is 48.6 Å². The summed E-state index contributed by atoms with van der Waals surface area (Å²) in [5.41, 5.74) is 6.29. The van der Waals surface area contributed by atoms with Gasteiger partial charge in [0.2, 0.25) is 0 Å². The smallest absolute Gasteiger partial charge is 0.410 e. The minimum atomic E-state index is -0.964. The Morgan fingerprint density at radius 3 is 2.42 bits per heavy atom. The molecule has 0 unspecified atom stereocenters. The molecule has 1 amide bonds. The molecular weight excluding hydrogens is 674 g/mol. The molecule has 0 radical (unpaired) electrons. The SMILES string of the molecule is CCOC(=O)[C@@H](OC(C)(C)C)c1c(C)cc2nc(-c3ccn4ncc(C5=CCN(C(=O)OC(C)(C)C)CC5)c4n3)sc2c1-c1ccc(Cl)cc1. The molecule has 5 aromatic rings. The molecule has 2 aromatic carbocycles. The lowest BCUT2D eigenvalue weighted by molar-refractivity contribution is -0.166. The summed E-state index contributed by atoms with van der Waals surface area (Å²) >= 11 is 7.82. The van der Waals surface area contributed by atoms with Crippen molar-refractivity contribution in [2.24, 2.45) is 0 Å². The second-order valence-electron chi connectivity index (χ2n) is 14.3. The zero-order valence-corrected chi connectivity index (χ0v) is 31.2. The summed E-state index contributed by atoms with van der Waals surface area (Å²) in [5, 5.41) is 5.89. The van der Waals surface area contributed by atoms with Crippen LogP contribution in [0.3, 0.4) is 0 Å². The van der Waals surface area contributed by atoms with Gasteiger partial charge in [-0.1, -0.05) is 29.8 Å². The van der Waals surface area contributed by atoms with Crippen LogP contribution in [0.2, 0.25) is 5.02 Å². The summed E-state index contributed by atoms with van der Waals surface area (Å²) in [6, 6.07) is 11.5. The first-order valence-corrected chi connectivity index (χ1v) is 17.9. The van der Waals surface area contributed by atoms with Gasteiger partial charge in [0.1, 0.15) is 16.3 Å². The molecule has 4 heterocycles. The van der Waals surface area contributed by atoms with E-state index in [0.29, 0.717) is 35.9 Å². The van der Waals surface area contributed by atoms with Gasteiger partial charge in [-0.3, -0.25) is 0 Å². The molecule has 262 valence electrons. The van der Waals surface area contributed by atoms with Gasteiger partial charge in [0.05, 0.1) is 28.6 Å². The van der Waals surface area contributed by atoms with Crippen LogP contribution in [0, 0.1) is 6.92 Å². The number of nitrogens with zero attached hydrogens (tertiary/aromatic N) is 5. The molecule has 50 heavy (non-hydrogen) atoms. The van der Waals surface area contributed by atoms with E-state index in [-0.39, 0.29) is 12.7 Å². The number of thiazole rings is 1. The highest BCUT2D eigenvalue weighted by Gasteiger charge is 2.34. The fraction of sp³-hybridized carbons (Fsp3) is 0.395. The van der Waals surface area contributed by atoms with Crippen molar-refractivity contribution in [1.29, 1.82) is 0 Å². The highest BCUT2D eigenvalue weighted by Crippen LogP contribution is 2.44. The van der Waals surface area contributed by atoms with E-state index in [2.05, 4.69) is 5.10 Å². The lowest BCUT2D eigenvalue weighted by Crippen LogP contribution is -2.39. The highest BCUT2D eigenvalue weighted by atomic mass is 35.5. The van der Waals surface area contributed by atoms with E-state index in [9.17, 15) is 9.59 Å². The van der Waals surface area contributed by atoms with Crippen molar-refractivity contribution >= 4 is 56.4 Å². The minimum absolute atomic E-state index is 0.231. The maximum Gasteiger partial charge on any atom is 0.410 e. The van der Waals surface area contributed by atoms with Crippen molar-refractivity contribution in [1.82, 2.24) is 24.5 Å². The number of halogens is 1. The summed E-state index contributed by atoms with van der Waals surface area (Å²) in [6.07, 6.45) is 5.11. The van der Waals surface area contributed by atoms with Crippen molar-refractivity contribution < 1.29 is 23.8 Å². The predicted octanol–water partition coefficient (Wildman–Crippen LogP) is 9.08. The molecule has 3 aromatic heterocycles. The Morgan fingerprint density at radius 1 is 1.04 bits per heavy atom. The van der Waals surface area contributed by atoms with E-state index in [1.807, 2.05) is 103 Å². The number of ether oxygens (including phenoxy) is 3. The maximum absolute atomic E-state index is 13.5. The second-order valence-corrected chi connectivity index (χ2v) is 15.7. The van der Waals surface area contributed by atoms with Crippen LogP contribution in [0.4, 0.5) is 4.79 Å². The van der Waals surface area contributed by atoms with Crippen LogP contribution in [0.5, 0.6) is 0 Å². The van der Waals surface area contributed by atoms with E-state index in [1.165, 1.54) is 11.3 Å². The van der Waals surface area contributed by atoms with Crippen LogP contribution in [-0.4, -0.2) is 67.4 Å². The van der Waals surface area contributed by atoms with Gasteiger partial charge in [0.15, 0.2) is 11.8 Å². The molecule has 0 fully saturated rings. The number of carbonyl (C=O) groups excluding carboxylic acids is 2. The number of fused-ring (bicyclic) bond motifs is 2. The highest BCUT2D eigenvalue weighted by molar-refractivity contribution is 7.22. The summed E-state index contributed by atoms with van der Waals surface area (Å²) in [6.45, 7) is 16.3. The van der Waals surface area contributed by atoms with E-state index in [1.54, 1.807) is 16.3 Å². The zero-order chi connectivity index (χ0) is 36.0. The predicted molar refractivity (Wildman–Crippen MR) is 197 cm³/mol. The average Bonchev–Trinajstić information content (AvgIpc) is 3.66. The molecule has 0 aliphatic carbocycles. The zero-order valence-electron chi connectivity index (χ0n) is 29.7. The molecular formula is C38H42ClN5O5S. The van der Waals surface area contributed by atoms with Gasteiger partial charge in [-0.15, -0.1) is 11.3 Å². The summed E-state index contributed by atoms with van der Waals surface area (Å²) in [5.74, 6) is -0.448. The Labute approximate surface area is 301 Å². The normalized spacial score (nSPS) is 14.6. The molecule has 12 heteroatoms. The van der Waals surface area contributed by atoms with E-state index < -0.39 is 23.3 Å². The first-order chi connectivity index (χ1) is 23.6. The first-order valence-electron chi connectivity index (χ1n) is 16.7. The molecule has 1 aliphatic heterocycles. The molecule has 0 spiro atoms. The van der Waals surface area contributed by atoms with Crippen LogP contribution < -0.4 is 0 Å². The minimum Gasteiger partial charge on any atom is -0.464 e. The maximum atomic E-state index is 13.5. The molecule has 0 saturated heterocycles. The van der Waals surface area contributed by atoms with Crippen LogP contribution in [0.15, 0.2) is 54.9 Å². The largest absolute Gasteiger partial charge is 0.464 e. The number of aryl methyl sites for hydroxylation is 1. The van der Waals surface area contributed by atoms with Crippen LogP contribution in [0.1, 0.15) is 77.7 Å². The number of aromatic nitrogens is 4. The van der Waals surface area contributed by atoms with E-state index >= 15 is 0 Å². The number of hydrogen-bond acceptors (Lipinski definition) is 9. The van der Waals surface area contributed by atoms with Crippen molar-refractivity contribution in [2.45, 2.75) is 79.1 Å². The van der Waals surface area contributed by atoms with Gasteiger partial charge in [0.25, 0.3) is 0 Å². The number of rotatable bonds is 7. The third-order valence-corrected chi connectivity index (χ3v) is 9.45. The summed E-state index contributed by atoms with van der Waals surface area (Å²) in [4.78, 5) is 38.0. The lowest BCUT2D eigenvalue weighted by Gasteiger charge is -2.29. The van der Waals surface area contributed by atoms with Crippen molar-refractivity contribution in [3.8, 4) is 21.8 Å². The topological polar surface area (TPSA) is 108 Å². The third kappa shape index (κ3) is 7.55. The molecule has 1 atom stereocenters. The molecule has 10 nitrogen and oxygen atoms in total. The Morgan fingerprint density at radius 2 is 1.78 bits per heavy atom. The quantitative estimate of drug-likeness (QED) is 0.154. The van der Waals surface area contributed by atoms with Crippen molar-refractivity contribution in [3.63, 3.8) is 0 Å². The van der Waals surface area contributed by atoms with Crippen LogP contribution >= 0.6 is 22.9 Å². The lowest BCUT2D eigenvalue weighted by atomic mass is 9.91. The Kier molecular flexibility index (Phi) is 9.78. The number of amides is 1. The van der Waals surface area contributed by atoms with Gasteiger partial charge in [-0.2, -0.15) is 5.10 Å². The van der Waals surface area contributed by atoms with Crippen molar-refractivity contribution in [2.75, 3.05) is 19.7 Å². The Balaban J connectivity index is 1.44. The summed E-state index contributed by atoms with van der Waals surface area (Å²) < 4.78 is 20.2. The monoisotopic (exact) mass is 715 g/mol. The average molecular weight is 716 g/mol. The number of esters is 1. The number of hydrogen-bond donors (Lipinski definition) is 0. The molecule has 0 saturated carbocycles. The summed E-state index contributed by atoms with van der Waals surface area (Å²) in [7, 11) is 0. The standard InChI is InChI=1S/C38H42ClN5O5S/c1-9-47-35(45)31(48-37(3,4)5)29-22(2)20-28-32(30(29)24-10-12-25(39)13-11-24)50-34(42-28)27-16-19-44-33(41-27)26(21-40-44)23-14-17-43(18-15-23)36(46)49-38(6,7)8/h10-14,16,19-21,31H,9,15,17-18H2,1-8H3/t31-/m0/s1. The van der Waals surface area contributed by atoms with Gasteiger partial charge >= 0.3 is 12.1 Å². The van der Waals surface area contributed by atoms with Gasteiger partial charge in [-0.25, -0.2) is 24.1 Å². The fourth-order valence-corrected chi connectivity index (χ4v) is 7.20.